The molecule has 0 amide bonds. The summed E-state index contributed by atoms with van der Waals surface area (Å²) in [6.45, 7) is 2.78. The number of alkyl halides is 1. The minimum absolute atomic E-state index is 0. The molecule has 2 rings (SSSR count). The van der Waals surface area contributed by atoms with E-state index in [2.05, 4.69) is 26.1 Å². The van der Waals surface area contributed by atoms with Crippen molar-refractivity contribution in [1.82, 2.24) is 10.2 Å². The molecule has 1 saturated heterocycles. The summed E-state index contributed by atoms with van der Waals surface area (Å²) in [5.41, 5.74) is 0.689. The fourth-order valence-corrected chi connectivity index (χ4v) is 2.65. The largest absolute Gasteiger partial charge is 0.314 e. The number of hydrogen-bond acceptors (Lipinski definition) is 2. The average molecular weight is 378 g/mol. The Labute approximate surface area is 132 Å². The fourth-order valence-electron chi connectivity index (χ4n) is 2.14. The molecular weight excluding hydrogens is 361 g/mol. The van der Waals surface area contributed by atoms with E-state index in [4.69, 9.17) is 0 Å². The highest BCUT2D eigenvalue weighted by atomic mass is 79.9. The molecule has 0 saturated carbocycles. The summed E-state index contributed by atoms with van der Waals surface area (Å²) in [5, 5.41) is 3.22. The van der Waals surface area contributed by atoms with Crippen LogP contribution in [0.2, 0.25) is 0 Å². The second-order valence-electron chi connectivity index (χ2n) is 4.12. The number of halogens is 5. The first kappa shape index (κ1) is 19.1. The molecule has 1 heterocycles. The Hall–Kier alpha value is 0.0600. The van der Waals surface area contributed by atoms with Gasteiger partial charge in [-0.1, -0.05) is 15.9 Å². The maximum absolute atomic E-state index is 13.2. The third-order valence-electron chi connectivity index (χ3n) is 3.06. The minimum Gasteiger partial charge on any atom is -0.314 e. The van der Waals surface area contributed by atoms with Crippen molar-refractivity contribution in [3.63, 3.8) is 0 Å². The molecule has 0 radical (unpaired) electrons. The Balaban J connectivity index is 0.00000162. The molecule has 1 N–H and O–H groups in total. The monoisotopic (exact) mass is 376 g/mol. The number of nitrogens with one attached hydrogen (secondary N) is 1. The molecule has 1 atom stereocenters. The predicted octanol–water partition coefficient (Wildman–Crippen LogP) is 3.35. The van der Waals surface area contributed by atoms with E-state index in [1.165, 1.54) is 12.1 Å². The van der Waals surface area contributed by atoms with Crippen LogP contribution in [0.3, 0.4) is 0 Å². The highest BCUT2D eigenvalue weighted by Gasteiger charge is 2.24. The molecule has 1 aliphatic rings. The fraction of sp³-hybridized carbons (Fsp3) is 0.500. The first-order chi connectivity index (χ1) is 8.22. The van der Waals surface area contributed by atoms with Gasteiger partial charge in [-0.2, -0.15) is 0 Å². The molecule has 0 spiro atoms. The number of hydrogen-bond donors (Lipinski definition) is 1. The van der Waals surface area contributed by atoms with Crippen LogP contribution in [0.25, 0.3) is 0 Å². The van der Waals surface area contributed by atoms with Crippen LogP contribution in [0.1, 0.15) is 11.6 Å². The van der Waals surface area contributed by atoms with E-state index >= 15 is 0 Å². The molecule has 7 heteroatoms. The van der Waals surface area contributed by atoms with Gasteiger partial charge in [0, 0.05) is 30.7 Å². The van der Waals surface area contributed by atoms with Gasteiger partial charge in [-0.3, -0.25) is 4.90 Å². The van der Waals surface area contributed by atoms with E-state index < -0.39 is 6.67 Å². The second kappa shape index (κ2) is 9.08. The molecule has 2 nitrogen and oxygen atoms in total. The van der Waals surface area contributed by atoms with E-state index in [0.29, 0.717) is 5.56 Å². The van der Waals surface area contributed by atoms with Crippen molar-refractivity contribution in [2.75, 3.05) is 32.9 Å². The van der Waals surface area contributed by atoms with Gasteiger partial charge in [0.15, 0.2) is 0 Å². The average Bonchev–Trinajstić information content (AvgIpc) is 2.36. The number of piperazine rings is 1. The van der Waals surface area contributed by atoms with E-state index in [1.54, 1.807) is 6.07 Å². The van der Waals surface area contributed by atoms with Gasteiger partial charge in [-0.05, 0) is 23.8 Å². The summed E-state index contributed by atoms with van der Waals surface area (Å²) >= 11 is 3.36. The highest BCUT2D eigenvalue weighted by Crippen LogP contribution is 2.29. The first-order valence-corrected chi connectivity index (χ1v) is 6.47. The lowest BCUT2D eigenvalue weighted by Gasteiger charge is -2.34. The smallest absolute Gasteiger partial charge is 0.123 e. The molecule has 1 aromatic rings. The van der Waals surface area contributed by atoms with Crippen LogP contribution in [0.4, 0.5) is 8.78 Å². The molecule has 0 aliphatic carbocycles. The Morgan fingerprint density at radius 1 is 1.26 bits per heavy atom. The van der Waals surface area contributed by atoms with Crippen molar-refractivity contribution in [2.45, 2.75) is 6.04 Å². The van der Waals surface area contributed by atoms with Crippen molar-refractivity contribution in [3.8, 4) is 0 Å². The van der Waals surface area contributed by atoms with Crippen LogP contribution in [0.5, 0.6) is 0 Å². The Bertz CT molecular complexity index is 390. The van der Waals surface area contributed by atoms with Gasteiger partial charge in [0.2, 0.25) is 0 Å². The van der Waals surface area contributed by atoms with Gasteiger partial charge in [0.25, 0.3) is 0 Å². The topological polar surface area (TPSA) is 15.3 Å². The lowest BCUT2D eigenvalue weighted by Crippen LogP contribution is -2.45. The van der Waals surface area contributed by atoms with E-state index in [-0.39, 0.29) is 36.7 Å². The molecule has 0 unspecified atom stereocenters. The summed E-state index contributed by atoms with van der Waals surface area (Å²) in [6, 6.07) is 4.06. The van der Waals surface area contributed by atoms with Gasteiger partial charge in [-0.25, -0.2) is 8.78 Å². The van der Waals surface area contributed by atoms with Crippen LogP contribution in [-0.4, -0.2) is 37.8 Å². The summed E-state index contributed by atoms with van der Waals surface area (Å²) in [5.74, 6) is -0.322. The molecule has 110 valence electrons. The normalized spacial score (nSPS) is 17.2. The van der Waals surface area contributed by atoms with Crippen LogP contribution < -0.4 is 5.32 Å². The Kier molecular flexibility index (Phi) is 9.11. The molecular formula is C12H17BrCl2F2N2. The standard InChI is InChI=1S/C12H15BrF2N2.2ClH/c13-11-2-1-9(15)7-10(11)12(8-14)17-5-3-16-4-6-17;;/h1-2,7,12,16H,3-6,8H2;2*1H/t12-;;/m0../s1. The summed E-state index contributed by atoms with van der Waals surface area (Å²) in [7, 11) is 0. The van der Waals surface area contributed by atoms with E-state index in [0.717, 1.165) is 30.7 Å². The van der Waals surface area contributed by atoms with Gasteiger partial charge < -0.3 is 5.32 Å². The second-order valence-corrected chi connectivity index (χ2v) is 4.98. The first-order valence-electron chi connectivity index (χ1n) is 5.68. The van der Waals surface area contributed by atoms with Crippen molar-refractivity contribution < 1.29 is 8.78 Å². The van der Waals surface area contributed by atoms with Gasteiger partial charge in [-0.15, -0.1) is 24.8 Å². The van der Waals surface area contributed by atoms with Crippen molar-refractivity contribution in [3.05, 3.63) is 34.1 Å². The number of rotatable bonds is 3. The SMILES string of the molecule is Cl.Cl.FC[C@@H](c1cc(F)ccc1Br)N1CCNCC1. The molecule has 1 aromatic carbocycles. The van der Waals surface area contributed by atoms with Crippen LogP contribution >= 0.6 is 40.7 Å². The third-order valence-corrected chi connectivity index (χ3v) is 3.78. The number of benzene rings is 1. The van der Waals surface area contributed by atoms with Gasteiger partial charge in [0.1, 0.15) is 12.5 Å². The van der Waals surface area contributed by atoms with E-state index in [1.807, 2.05) is 0 Å². The highest BCUT2D eigenvalue weighted by molar-refractivity contribution is 9.10. The quantitative estimate of drug-likeness (QED) is 0.868. The maximum atomic E-state index is 13.2. The van der Waals surface area contributed by atoms with Crippen LogP contribution in [0.15, 0.2) is 22.7 Å². The van der Waals surface area contributed by atoms with Gasteiger partial charge >= 0.3 is 0 Å². The van der Waals surface area contributed by atoms with E-state index in [9.17, 15) is 8.78 Å². The predicted molar refractivity (Wildman–Crippen MR) is 81.8 cm³/mol. The Morgan fingerprint density at radius 3 is 2.47 bits per heavy atom. The van der Waals surface area contributed by atoms with Crippen molar-refractivity contribution in [2.24, 2.45) is 0 Å². The van der Waals surface area contributed by atoms with Crippen LogP contribution in [0, 0.1) is 5.82 Å². The molecule has 0 bridgehead atoms. The van der Waals surface area contributed by atoms with Crippen LogP contribution in [-0.2, 0) is 0 Å². The van der Waals surface area contributed by atoms with Gasteiger partial charge in [0.05, 0.1) is 6.04 Å². The number of nitrogens with zero attached hydrogens (tertiary/aromatic N) is 1. The summed E-state index contributed by atoms with van der Waals surface area (Å²) in [4.78, 5) is 2.05. The van der Waals surface area contributed by atoms with Crippen molar-refractivity contribution >= 4 is 40.7 Å². The van der Waals surface area contributed by atoms with Crippen molar-refractivity contribution in [1.29, 1.82) is 0 Å². The lowest BCUT2D eigenvalue weighted by atomic mass is 10.1. The molecule has 0 aromatic heterocycles. The zero-order chi connectivity index (χ0) is 12.3. The Morgan fingerprint density at radius 2 is 1.89 bits per heavy atom. The molecule has 19 heavy (non-hydrogen) atoms. The zero-order valence-electron chi connectivity index (χ0n) is 10.2. The zero-order valence-corrected chi connectivity index (χ0v) is 13.5. The molecule has 1 aliphatic heterocycles. The minimum atomic E-state index is -0.498. The molecule has 1 fully saturated rings. The summed E-state index contributed by atoms with van der Waals surface area (Å²) < 4.78 is 27.2. The lowest BCUT2D eigenvalue weighted by molar-refractivity contribution is 0.147. The maximum Gasteiger partial charge on any atom is 0.123 e. The third kappa shape index (κ3) is 4.83. The summed E-state index contributed by atoms with van der Waals surface area (Å²) in [6.07, 6.45) is 0.